The summed E-state index contributed by atoms with van der Waals surface area (Å²) in [5.74, 6) is 1.49. The van der Waals surface area contributed by atoms with Gasteiger partial charge in [0.05, 0.1) is 11.1 Å². The van der Waals surface area contributed by atoms with Crippen molar-refractivity contribution >= 4 is 11.1 Å². The predicted octanol–water partition coefficient (Wildman–Crippen LogP) is 5.13. The molecule has 5 heteroatoms. The number of nitrogens with zero attached hydrogens (tertiary/aromatic N) is 2. The van der Waals surface area contributed by atoms with Crippen LogP contribution in [0.4, 0.5) is 0 Å². The van der Waals surface area contributed by atoms with Gasteiger partial charge in [0.25, 0.3) is 0 Å². The fourth-order valence-corrected chi connectivity index (χ4v) is 4.46. The zero-order valence-electron chi connectivity index (χ0n) is 17.8. The number of fused-ring (bicyclic) bond motifs is 1. The van der Waals surface area contributed by atoms with E-state index in [0.717, 1.165) is 46.4 Å². The van der Waals surface area contributed by atoms with Crippen molar-refractivity contribution in [3.63, 3.8) is 0 Å². The number of rotatable bonds is 6. The number of furan rings is 1. The molecule has 4 aromatic rings. The van der Waals surface area contributed by atoms with Gasteiger partial charge >= 0.3 is 0 Å². The zero-order chi connectivity index (χ0) is 21.4. The third-order valence-electron chi connectivity index (χ3n) is 6.37. The van der Waals surface area contributed by atoms with E-state index in [1.54, 1.807) is 0 Å². The Labute approximate surface area is 182 Å². The standard InChI is InChI=1S/C26H27N3O2/c1-17-22-23(18-7-3-2-4-8-18)24(31-25(22)29-21(28-17)9-5-16-30)19-10-12-20(13-11-19)26(27)14-6-15-26/h2-4,7-8,10-13,30H,5-6,9,14-16,27H2,1H3. The normalized spacial score (nSPS) is 15.2. The lowest BCUT2D eigenvalue weighted by Gasteiger charge is -2.38. The molecular weight excluding hydrogens is 386 g/mol. The molecule has 0 atom stereocenters. The van der Waals surface area contributed by atoms with Crippen LogP contribution in [0.15, 0.2) is 59.0 Å². The van der Waals surface area contributed by atoms with Gasteiger partial charge in [-0.05, 0) is 43.7 Å². The van der Waals surface area contributed by atoms with Gasteiger partial charge in [-0.3, -0.25) is 0 Å². The third-order valence-corrected chi connectivity index (χ3v) is 6.37. The van der Waals surface area contributed by atoms with Crippen LogP contribution in [0.3, 0.4) is 0 Å². The Bertz CT molecular complexity index is 1210. The Morgan fingerprint density at radius 2 is 1.74 bits per heavy atom. The highest BCUT2D eigenvalue weighted by molar-refractivity contribution is 6.01. The summed E-state index contributed by atoms with van der Waals surface area (Å²) in [7, 11) is 0. The highest BCUT2D eigenvalue weighted by atomic mass is 16.3. The maximum absolute atomic E-state index is 9.17. The number of aryl methyl sites for hydroxylation is 2. The minimum Gasteiger partial charge on any atom is -0.437 e. The van der Waals surface area contributed by atoms with E-state index in [2.05, 4.69) is 41.4 Å². The van der Waals surface area contributed by atoms with Gasteiger partial charge in [-0.2, -0.15) is 4.98 Å². The predicted molar refractivity (Wildman–Crippen MR) is 123 cm³/mol. The number of hydrogen-bond donors (Lipinski definition) is 2. The summed E-state index contributed by atoms with van der Waals surface area (Å²) in [6.45, 7) is 2.12. The Morgan fingerprint density at radius 1 is 1.00 bits per heavy atom. The fourth-order valence-electron chi connectivity index (χ4n) is 4.46. The molecule has 1 aliphatic rings. The average Bonchev–Trinajstić information content (AvgIpc) is 3.17. The van der Waals surface area contributed by atoms with Crippen LogP contribution in [0.5, 0.6) is 0 Å². The second-order valence-electron chi connectivity index (χ2n) is 8.49. The Balaban J connectivity index is 1.67. The number of aromatic nitrogens is 2. The lowest BCUT2D eigenvalue weighted by molar-refractivity contribution is 0.253. The largest absolute Gasteiger partial charge is 0.437 e. The number of nitrogens with two attached hydrogens (primary N) is 1. The van der Waals surface area contributed by atoms with Crippen molar-refractivity contribution in [1.82, 2.24) is 9.97 Å². The van der Waals surface area contributed by atoms with E-state index in [1.807, 2.05) is 25.1 Å². The monoisotopic (exact) mass is 413 g/mol. The maximum Gasteiger partial charge on any atom is 0.230 e. The Kier molecular flexibility index (Phi) is 5.08. The minimum atomic E-state index is -0.182. The van der Waals surface area contributed by atoms with Crippen molar-refractivity contribution in [3.05, 3.63) is 71.7 Å². The molecule has 5 nitrogen and oxygen atoms in total. The SMILES string of the molecule is Cc1nc(CCCO)nc2oc(-c3ccc(C4(N)CCC4)cc3)c(-c3ccccc3)c12. The van der Waals surface area contributed by atoms with E-state index in [1.165, 1.54) is 12.0 Å². The van der Waals surface area contributed by atoms with Gasteiger partial charge in [0, 0.05) is 29.7 Å². The van der Waals surface area contributed by atoms with E-state index in [4.69, 9.17) is 20.2 Å². The van der Waals surface area contributed by atoms with Gasteiger partial charge in [0.2, 0.25) is 5.71 Å². The summed E-state index contributed by atoms with van der Waals surface area (Å²) in [6.07, 6.45) is 4.52. The molecule has 0 amide bonds. The van der Waals surface area contributed by atoms with Crippen LogP contribution in [0, 0.1) is 6.92 Å². The molecule has 158 valence electrons. The molecule has 1 saturated carbocycles. The quantitative estimate of drug-likeness (QED) is 0.458. The summed E-state index contributed by atoms with van der Waals surface area (Å²) in [5, 5.41) is 10.1. The molecule has 0 spiro atoms. The van der Waals surface area contributed by atoms with Crippen molar-refractivity contribution in [3.8, 4) is 22.5 Å². The molecule has 0 bridgehead atoms. The van der Waals surface area contributed by atoms with Gasteiger partial charge < -0.3 is 15.3 Å². The second kappa shape index (κ2) is 7.91. The first-order chi connectivity index (χ1) is 15.1. The first kappa shape index (κ1) is 19.9. The fraction of sp³-hybridized carbons (Fsp3) is 0.308. The summed E-state index contributed by atoms with van der Waals surface area (Å²) < 4.78 is 6.36. The number of aliphatic hydroxyl groups excluding tert-OH is 1. The zero-order valence-corrected chi connectivity index (χ0v) is 17.8. The van der Waals surface area contributed by atoms with Gasteiger partial charge in [-0.15, -0.1) is 0 Å². The van der Waals surface area contributed by atoms with Crippen LogP contribution in [0.2, 0.25) is 0 Å². The lowest BCUT2D eigenvalue weighted by Crippen LogP contribution is -2.43. The van der Waals surface area contributed by atoms with Crippen molar-refractivity contribution < 1.29 is 9.52 Å². The maximum atomic E-state index is 9.17. The topological polar surface area (TPSA) is 85.2 Å². The van der Waals surface area contributed by atoms with Crippen LogP contribution < -0.4 is 5.73 Å². The summed E-state index contributed by atoms with van der Waals surface area (Å²) >= 11 is 0. The average molecular weight is 414 g/mol. The molecule has 0 unspecified atom stereocenters. The molecule has 2 aromatic heterocycles. The van der Waals surface area contributed by atoms with Crippen molar-refractivity contribution in [2.24, 2.45) is 5.73 Å². The molecule has 0 saturated heterocycles. The van der Waals surface area contributed by atoms with E-state index < -0.39 is 0 Å². The highest BCUT2D eigenvalue weighted by Crippen LogP contribution is 2.43. The molecule has 5 rings (SSSR count). The van der Waals surface area contributed by atoms with Gasteiger partial charge in [0.1, 0.15) is 11.6 Å². The van der Waals surface area contributed by atoms with Gasteiger partial charge in [-0.25, -0.2) is 4.98 Å². The molecule has 1 aliphatic carbocycles. The van der Waals surface area contributed by atoms with Crippen molar-refractivity contribution in [1.29, 1.82) is 0 Å². The Morgan fingerprint density at radius 3 is 2.39 bits per heavy atom. The van der Waals surface area contributed by atoms with Crippen molar-refractivity contribution in [2.75, 3.05) is 6.61 Å². The van der Waals surface area contributed by atoms with E-state index in [-0.39, 0.29) is 12.1 Å². The van der Waals surface area contributed by atoms with Crippen LogP contribution in [-0.2, 0) is 12.0 Å². The number of hydrogen-bond acceptors (Lipinski definition) is 5. The minimum absolute atomic E-state index is 0.119. The summed E-state index contributed by atoms with van der Waals surface area (Å²) in [4.78, 5) is 9.37. The smallest absolute Gasteiger partial charge is 0.230 e. The number of benzene rings is 2. The van der Waals surface area contributed by atoms with Crippen LogP contribution in [0.1, 0.15) is 42.8 Å². The summed E-state index contributed by atoms with van der Waals surface area (Å²) in [5.41, 5.74) is 12.1. The van der Waals surface area contributed by atoms with Gasteiger partial charge in [-0.1, -0.05) is 54.6 Å². The van der Waals surface area contributed by atoms with Crippen LogP contribution in [0.25, 0.3) is 33.6 Å². The Hall–Kier alpha value is -3.02. The first-order valence-electron chi connectivity index (χ1n) is 11.0. The molecule has 3 N–H and O–H groups in total. The van der Waals surface area contributed by atoms with E-state index in [0.29, 0.717) is 24.4 Å². The van der Waals surface area contributed by atoms with Crippen molar-refractivity contribution in [2.45, 2.75) is 44.6 Å². The second-order valence-corrected chi connectivity index (χ2v) is 8.49. The van der Waals surface area contributed by atoms with E-state index >= 15 is 0 Å². The molecule has 31 heavy (non-hydrogen) atoms. The molecule has 0 radical (unpaired) electrons. The first-order valence-corrected chi connectivity index (χ1v) is 11.0. The van der Waals surface area contributed by atoms with Crippen LogP contribution >= 0.6 is 0 Å². The highest BCUT2D eigenvalue weighted by Gasteiger charge is 2.34. The summed E-state index contributed by atoms with van der Waals surface area (Å²) in [6, 6.07) is 18.7. The van der Waals surface area contributed by atoms with E-state index in [9.17, 15) is 0 Å². The molecule has 2 heterocycles. The number of aliphatic hydroxyl groups is 1. The molecule has 1 fully saturated rings. The molecular formula is C26H27N3O2. The third kappa shape index (κ3) is 3.54. The van der Waals surface area contributed by atoms with Crippen LogP contribution in [-0.4, -0.2) is 21.7 Å². The van der Waals surface area contributed by atoms with Gasteiger partial charge in [0.15, 0.2) is 0 Å². The lowest BCUT2D eigenvalue weighted by atomic mass is 9.72. The molecule has 0 aliphatic heterocycles. The molecule has 2 aromatic carbocycles.